The minimum absolute atomic E-state index is 0.0561. The minimum Gasteiger partial charge on any atom is -0.480 e. The van der Waals surface area contributed by atoms with Crippen molar-refractivity contribution in [2.24, 2.45) is 5.73 Å². The fraction of sp³-hybridized carbons (Fsp3) is 0.385. The van der Waals surface area contributed by atoms with Crippen molar-refractivity contribution in [1.82, 2.24) is 0 Å². The summed E-state index contributed by atoms with van der Waals surface area (Å²) in [7, 11) is -4.65. The number of benzene rings is 1. The second-order valence-corrected chi connectivity index (χ2v) is 6.55. The predicted molar refractivity (Wildman–Crippen MR) is 75.8 cm³/mol. The fourth-order valence-electron chi connectivity index (χ4n) is 1.90. The Kier molecular flexibility index (Phi) is 6.23. The molecule has 0 aliphatic rings. The number of nitrogens with two attached hydrogens (primary N) is 1. The van der Waals surface area contributed by atoms with Crippen LogP contribution >= 0.6 is 7.60 Å². The highest BCUT2D eigenvalue weighted by Gasteiger charge is 2.36. The molecule has 0 heterocycles. The molecule has 0 spiro atoms. The van der Waals surface area contributed by atoms with Crippen molar-refractivity contribution in [3.05, 3.63) is 35.9 Å². The summed E-state index contributed by atoms with van der Waals surface area (Å²) in [5.74, 6) is -2.20. The van der Waals surface area contributed by atoms with Crippen LogP contribution in [-0.4, -0.2) is 38.3 Å². The van der Waals surface area contributed by atoms with Gasteiger partial charge in [0.05, 0.1) is 0 Å². The minimum atomic E-state index is -4.65. The number of hydrogen-bond donors (Lipinski definition) is 4. The van der Waals surface area contributed by atoms with Gasteiger partial charge in [0, 0.05) is 6.42 Å². The number of carbonyl (C=O) groups excluding carboxylic acids is 1. The molecule has 5 N–H and O–H groups in total. The highest BCUT2D eigenvalue weighted by Crippen LogP contribution is 2.44. The zero-order chi connectivity index (χ0) is 16.0. The van der Waals surface area contributed by atoms with Gasteiger partial charge in [-0.2, -0.15) is 0 Å². The van der Waals surface area contributed by atoms with E-state index in [2.05, 4.69) is 0 Å². The zero-order valence-electron chi connectivity index (χ0n) is 11.3. The van der Waals surface area contributed by atoms with E-state index in [1.807, 2.05) is 0 Å². The van der Waals surface area contributed by atoms with Gasteiger partial charge in [-0.05, 0) is 18.4 Å². The molecule has 0 amide bonds. The maximum atomic E-state index is 11.9. The Morgan fingerprint density at radius 3 is 2.24 bits per heavy atom. The first-order valence-corrected chi connectivity index (χ1v) is 8.00. The van der Waals surface area contributed by atoms with Crippen molar-refractivity contribution in [3.63, 3.8) is 0 Å². The van der Waals surface area contributed by atoms with Crippen LogP contribution < -0.4 is 5.73 Å². The predicted octanol–water partition coefficient (Wildman–Crippen LogP) is 0.537. The molecule has 1 aromatic rings. The topological polar surface area (TPSA) is 138 Å². The molecule has 0 saturated carbocycles. The van der Waals surface area contributed by atoms with Crippen molar-refractivity contribution in [1.29, 1.82) is 0 Å². The first kappa shape index (κ1) is 17.5. The average Bonchev–Trinajstić information content (AvgIpc) is 2.38. The van der Waals surface area contributed by atoms with Crippen LogP contribution in [0.15, 0.2) is 30.3 Å². The van der Waals surface area contributed by atoms with Crippen LogP contribution in [-0.2, 0) is 20.6 Å². The number of carboxylic acids is 1. The summed E-state index contributed by atoms with van der Waals surface area (Å²) in [6.45, 7) is 0. The number of aliphatic carboxylic acids is 1. The quantitative estimate of drug-likeness (QED) is 0.513. The largest absolute Gasteiger partial charge is 0.480 e. The summed E-state index contributed by atoms with van der Waals surface area (Å²) in [6, 6.07) is 7.48. The van der Waals surface area contributed by atoms with Crippen LogP contribution in [0.1, 0.15) is 18.4 Å². The zero-order valence-corrected chi connectivity index (χ0v) is 12.1. The highest BCUT2D eigenvalue weighted by atomic mass is 31.2. The molecule has 1 rings (SSSR count). The lowest BCUT2D eigenvalue weighted by Gasteiger charge is -2.18. The van der Waals surface area contributed by atoms with E-state index in [1.54, 1.807) is 30.3 Å². The van der Waals surface area contributed by atoms with E-state index in [-0.39, 0.29) is 6.42 Å². The summed E-state index contributed by atoms with van der Waals surface area (Å²) in [6.07, 6.45) is -0.343. The fourth-order valence-corrected chi connectivity index (χ4v) is 2.85. The third-order valence-electron chi connectivity index (χ3n) is 3.07. The molecule has 0 bridgehead atoms. The maximum absolute atomic E-state index is 11.9. The van der Waals surface area contributed by atoms with Gasteiger partial charge in [-0.15, -0.1) is 0 Å². The van der Waals surface area contributed by atoms with E-state index in [4.69, 9.17) is 10.8 Å². The van der Waals surface area contributed by atoms with E-state index >= 15 is 0 Å². The third kappa shape index (κ3) is 5.77. The van der Waals surface area contributed by atoms with Crippen LogP contribution in [0.4, 0.5) is 0 Å². The molecule has 0 aliphatic carbocycles. The lowest BCUT2D eigenvalue weighted by molar-refractivity contribution is -0.140. The molecule has 7 nitrogen and oxygen atoms in total. The first-order valence-electron chi connectivity index (χ1n) is 6.32. The Balaban J connectivity index is 2.75. The van der Waals surface area contributed by atoms with E-state index in [0.717, 1.165) is 5.56 Å². The summed E-state index contributed by atoms with van der Waals surface area (Å²) in [5, 5.41) is 8.65. The first-order chi connectivity index (χ1) is 9.71. The third-order valence-corrected chi connectivity index (χ3v) is 4.42. The smallest absolute Gasteiger partial charge is 0.335 e. The molecule has 0 radical (unpaired) electrons. The highest BCUT2D eigenvalue weighted by molar-refractivity contribution is 7.53. The number of Topliss-reactive ketones (excluding diaryl/α,β-unsaturated/α-hetero) is 1. The monoisotopic (exact) mass is 315 g/mol. The lowest BCUT2D eigenvalue weighted by Crippen LogP contribution is -2.36. The number of carbonyl (C=O) groups is 2. The number of hydrogen-bond acceptors (Lipinski definition) is 4. The molecule has 0 saturated heterocycles. The standard InChI is InChI=1S/C13H18NO6P/c14-10(13(16)17)8-11(15)12(21(18,19)20)7-6-9-4-2-1-3-5-9/h1-5,10,12H,6-8,14H2,(H,16,17)(H2,18,19,20). The Morgan fingerprint density at radius 1 is 1.19 bits per heavy atom. The van der Waals surface area contributed by atoms with Gasteiger partial charge >= 0.3 is 13.6 Å². The molecular formula is C13H18NO6P. The van der Waals surface area contributed by atoms with E-state index in [0.29, 0.717) is 6.42 Å². The lowest BCUT2D eigenvalue weighted by atomic mass is 10.0. The number of ketones is 1. The van der Waals surface area contributed by atoms with Gasteiger partial charge in [0.25, 0.3) is 0 Å². The molecule has 2 unspecified atom stereocenters. The van der Waals surface area contributed by atoms with Crippen molar-refractivity contribution in [3.8, 4) is 0 Å². The van der Waals surface area contributed by atoms with Crippen LogP contribution in [0.3, 0.4) is 0 Å². The maximum Gasteiger partial charge on any atom is 0.335 e. The van der Waals surface area contributed by atoms with E-state index in [1.165, 1.54) is 0 Å². The second kappa shape index (κ2) is 7.47. The SMILES string of the molecule is NC(CC(=O)C(CCc1ccccc1)P(=O)(O)O)C(=O)O. The molecule has 21 heavy (non-hydrogen) atoms. The van der Waals surface area contributed by atoms with Crippen molar-refractivity contribution >= 4 is 19.3 Å². The summed E-state index contributed by atoms with van der Waals surface area (Å²) >= 11 is 0. The molecule has 0 fully saturated rings. The Hall–Kier alpha value is -1.53. The molecular weight excluding hydrogens is 297 g/mol. The second-order valence-electron chi connectivity index (χ2n) is 4.74. The van der Waals surface area contributed by atoms with Crippen LogP contribution in [0.5, 0.6) is 0 Å². The van der Waals surface area contributed by atoms with Crippen molar-refractivity contribution in [2.75, 3.05) is 0 Å². The van der Waals surface area contributed by atoms with Crippen LogP contribution in [0, 0.1) is 0 Å². The Morgan fingerprint density at radius 2 is 1.76 bits per heavy atom. The van der Waals surface area contributed by atoms with Crippen molar-refractivity contribution in [2.45, 2.75) is 31.0 Å². The molecule has 1 aromatic carbocycles. The van der Waals surface area contributed by atoms with Gasteiger partial charge in [-0.1, -0.05) is 30.3 Å². The number of aryl methyl sites for hydroxylation is 1. The van der Waals surface area contributed by atoms with Crippen molar-refractivity contribution < 1.29 is 29.0 Å². The van der Waals surface area contributed by atoms with Crippen LogP contribution in [0.25, 0.3) is 0 Å². The Labute approximate surface area is 121 Å². The summed E-state index contributed by atoms with van der Waals surface area (Å²) < 4.78 is 11.4. The molecule has 0 aliphatic heterocycles. The molecule has 0 aromatic heterocycles. The van der Waals surface area contributed by atoms with E-state index in [9.17, 15) is 23.9 Å². The van der Waals surface area contributed by atoms with Gasteiger partial charge in [0.2, 0.25) is 0 Å². The molecule has 116 valence electrons. The van der Waals surface area contributed by atoms with Gasteiger partial charge in [-0.3, -0.25) is 14.2 Å². The van der Waals surface area contributed by atoms with Crippen LogP contribution in [0.2, 0.25) is 0 Å². The van der Waals surface area contributed by atoms with Gasteiger partial charge in [0.1, 0.15) is 17.5 Å². The molecule has 2 atom stereocenters. The van der Waals surface area contributed by atoms with Gasteiger partial charge in [-0.25, -0.2) is 0 Å². The average molecular weight is 315 g/mol. The summed E-state index contributed by atoms with van der Waals surface area (Å²) in [5.41, 5.74) is 4.55. The van der Waals surface area contributed by atoms with Gasteiger partial charge < -0.3 is 20.6 Å². The number of carboxylic acid groups (broad SMARTS) is 1. The van der Waals surface area contributed by atoms with Gasteiger partial charge in [0.15, 0.2) is 0 Å². The Bertz CT molecular complexity index is 541. The molecule has 8 heteroatoms. The number of rotatable bonds is 8. The summed E-state index contributed by atoms with van der Waals surface area (Å²) in [4.78, 5) is 41.1. The normalized spacial score (nSPS) is 14.4. The van der Waals surface area contributed by atoms with E-state index < -0.39 is 37.5 Å².